The summed E-state index contributed by atoms with van der Waals surface area (Å²) in [6, 6.07) is 13.4. The van der Waals surface area contributed by atoms with Gasteiger partial charge in [0, 0.05) is 22.1 Å². The van der Waals surface area contributed by atoms with Crippen molar-refractivity contribution in [3.05, 3.63) is 71.1 Å². The van der Waals surface area contributed by atoms with Gasteiger partial charge in [0.1, 0.15) is 5.82 Å². The molecule has 0 aliphatic carbocycles. The lowest BCUT2D eigenvalue weighted by Crippen LogP contribution is -2.11. The Kier molecular flexibility index (Phi) is 3.28. The third-order valence-electron chi connectivity index (χ3n) is 3.22. The van der Waals surface area contributed by atoms with E-state index in [1.165, 1.54) is 12.1 Å². The molecule has 0 amide bonds. The lowest BCUT2D eigenvalue weighted by Gasteiger charge is -2.06. The number of fused-ring (bicyclic) bond motifs is 1. The maximum atomic E-state index is 13.6. The van der Waals surface area contributed by atoms with E-state index in [1.807, 2.05) is 18.2 Å². The first-order valence-electron chi connectivity index (χ1n) is 6.17. The molecule has 0 saturated carbocycles. The molecule has 0 bridgehead atoms. The van der Waals surface area contributed by atoms with Gasteiger partial charge in [-0.1, -0.05) is 23.7 Å². The number of hydrogen-bond acceptors (Lipinski definition) is 1. The van der Waals surface area contributed by atoms with E-state index in [-0.39, 0.29) is 17.9 Å². The zero-order valence-corrected chi connectivity index (χ0v) is 11.3. The summed E-state index contributed by atoms with van der Waals surface area (Å²) in [4.78, 5) is 12.2. The number of carbonyl (C=O) groups excluding carboxylic acids is 1. The Hall–Kier alpha value is -2.13. The van der Waals surface area contributed by atoms with Crippen LogP contribution in [0.2, 0.25) is 5.02 Å². The molecule has 2 nitrogen and oxygen atoms in total. The fourth-order valence-corrected chi connectivity index (χ4v) is 2.42. The van der Waals surface area contributed by atoms with E-state index in [4.69, 9.17) is 11.6 Å². The second-order valence-corrected chi connectivity index (χ2v) is 4.99. The molecule has 0 fully saturated rings. The van der Waals surface area contributed by atoms with Crippen molar-refractivity contribution in [2.45, 2.75) is 6.54 Å². The highest BCUT2D eigenvalue weighted by atomic mass is 35.5. The van der Waals surface area contributed by atoms with E-state index < -0.39 is 5.82 Å². The van der Waals surface area contributed by atoms with Crippen LogP contribution in [0.1, 0.15) is 10.4 Å². The van der Waals surface area contributed by atoms with Crippen LogP contribution in [-0.2, 0) is 6.54 Å². The lowest BCUT2D eigenvalue weighted by molar-refractivity contribution is 0.0969. The normalized spacial score (nSPS) is 10.9. The molecule has 1 aromatic heterocycles. The quantitative estimate of drug-likeness (QED) is 0.658. The number of hydrogen-bond donors (Lipinski definition) is 0. The summed E-state index contributed by atoms with van der Waals surface area (Å²) >= 11 is 5.92. The molecule has 0 aliphatic rings. The van der Waals surface area contributed by atoms with Gasteiger partial charge in [0.05, 0.1) is 12.1 Å². The first kappa shape index (κ1) is 12.9. The second kappa shape index (κ2) is 5.10. The van der Waals surface area contributed by atoms with E-state index in [9.17, 15) is 9.18 Å². The van der Waals surface area contributed by atoms with Crippen LogP contribution in [-0.4, -0.2) is 10.4 Å². The lowest BCUT2D eigenvalue weighted by atomic mass is 10.1. The van der Waals surface area contributed by atoms with Gasteiger partial charge in [-0.3, -0.25) is 4.79 Å². The van der Waals surface area contributed by atoms with Crippen LogP contribution in [0.4, 0.5) is 4.39 Å². The summed E-state index contributed by atoms with van der Waals surface area (Å²) in [7, 11) is 0. The number of rotatable bonds is 3. The summed E-state index contributed by atoms with van der Waals surface area (Å²) in [6.07, 6.45) is 1.81. The fourth-order valence-electron chi connectivity index (χ4n) is 2.24. The van der Waals surface area contributed by atoms with Gasteiger partial charge in [0.25, 0.3) is 0 Å². The highest BCUT2D eigenvalue weighted by molar-refractivity contribution is 6.31. The third-order valence-corrected chi connectivity index (χ3v) is 3.46. The molecule has 20 heavy (non-hydrogen) atoms. The highest BCUT2D eigenvalue weighted by Gasteiger charge is 2.12. The van der Waals surface area contributed by atoms with Crippen molar-refractivity contribution < 1.29 is 9.18 Å². The number of halogens is 2. The number of aromatic nitrogens is 1. The molecule has 1 heterocycles. The van der Waals surface area contributed by atoms with Gasteiger partial charge in [-0.15, -0.1) is 0 Å². The summed E-state index contributed by atoms with van der Waals surface area (Å²) in [5, 5.41) is 1.61. The predicted octanol–water partition coefficient (Wildman–Crippen LogP) is 4.32. The Balaban J connectivity index is 1.94. The molecule has 0 aliphatic heterocycles. The second-order valence-electron chi connectivity index (χ2n) is 4.55. The zero-order valence-electron chi connectivity index (χ0n) is 10.5. The Morgan fingerprint density at radius 1 is 1.15 bits per heavy atom. The number of carbonyl (C=O) groups is 1. The molecule has 3 rings (SSSR count). The van der Waals surface area contributed by atoms with Gasteiger partial charge in [-0.25, -0.2) is 4.39 Å². The molecule has 0 unspecified atom stereocenters. The van der Waals surface area contributed by atoms with Gasteiger partial charge >= 0.3 is 0 Å². The van der Waals surface area contributed by atoms with Crippen LogP contribution in [0.5, 0.6) is 0 Å². The maximum Gasteiger partial charge on any atom is 0.185 e. The first-order valence-corrected chi connectivity index (χ1v) is 6.55. The Bertz CT molecular complexity index is 794. The maximum absolute atomic E-state index is 13.6. The molecule has 0 N–H and O–H groups in total. The summed E-state index contributed by atoms with van der Waals surface area (Å²) < 4.78 is 15.4. The van der Waals surface area contributed by atoms with Crippen molar-refractivity contribution in [2.24, 2.45) is 0 Å². The minimum atomic E-state index is -0.489. The molecular formula is C16H11ClFNO. The van der Waals surface area contributed by atoms with Crippen molar-refractivity contribution >= 4 is 28.3 Å². The Morgan fingerprint density at radius 3 is 2.75 bits per heavy atom. The number of nitrogens with zero attached hydrogens (tertiary/aromatic N) is 1. The molecule has 0 spiro atoms. The van der Waals surface area contributed by atoms with Crippen LogP contribution >= 0.6 is 11.6 Å². The van der Waals surface area contributed by atoms with Gasteiger partial charge in [-0.05, 0) is 36.4 Å². The van der Waals surface area contributed by atoms with Crippen LogP contribution in [0.3, 0.4) is 0 Å². The molecular weight excluding hydrogens is 277 g/mol. The van der Waals surface area contributed by atoms with Crippen molar-refractivity contribution in [2.75, 3.05) is 0 Å². The average molecular weight is 288 g/mol. The number of ketones is 1. The predicted molar refractivity (Wildman–Crippen MR) is 77.7 cm³/mol. The Morgan fingerprint density at radius 2 is 1.95 bits per heavy atom. The largest absolute Gasteiger partial charge is 0.340 e. The highest BCUT2D eigenvalue weighted by Crippen LogP contribution is 2.21. The zero-order chi connectivity index (χ0) is 14.1. The molecule has 100 valence electrons. The van der Waals surface area contributed by atoms with Gasteiger partial charge in [0.15, 0.2) is 5.78 Å². The van der Waals surface area contributed by atoms with Crippen molar-refractivity contribution in [3.8, 4) is 0 Å². The summed E-state index contributed by atoms with van der Waals surface area (Å²) in [5.74, 6) is -0.743. The summed E-state index contributed by atoms with van der Waals surface area (Å²) in [5.41, 5.74) is 1.02. The monoisotopic (exact) mass is 287 g/mol. The van der Waals surface area contributed by atoms with Crippen LogP contribution in [0.15, 0.2) is 54.7 Å². The van der Waals surface area contributed by atoms with Gasteiger partial charge < -0.3 is 4.57 Å². The molecule has 4 heteroatoms. The minimum absolute atomic E-state index is 0.103. The van der Waals surface area contributed by atoms with Crippen LogP contribution < -0.4 is 0 Å². The van der Waals surface area contributed by atoms with E-state index in [0.29, 0.717) is 5.02 Å². The topological polar surface area (TPSA) is 22.0 Å². The van der Waals surface area contributed by atoms with E-state index in [2.05, 4.69) is 0 Å². The molecule has 2 aromatic carbocycles. The molecule has 0 saturated heterocycles. The first-order chi connectivity index (χ1) is 9.65. The van der Waals surface area contributed by atoms with E-state index >= 15 is 0 Å². The SMILES string of the molecule is O=C(Cn1ccc2cc(Cl)ccc21)c1ccccc1F. The fraction of sp³-hybridized carbons (Fsp3) is 0.0625. The van der Waals surface area contributed by atoms with Crippen molar-refractivity contribution in [3.63, 3.8) is 0 Å². The smallest absolute Gasteiger partial charge is 0.185 e. The average Bonchev–Trinajstić information content (AvgIpc) is 2.81. The standard InChI is InChI=1S/C16H11ClFNO/c17-12-5-6-15-11(9-12)7-8-19(15)10-16(20)13-3-1-2-4-14(13)18/h1-9H,10H2. The van der Waals surface area contributed by atoms with Crippen molar-refractivity contribution in [1.29, 1.82) is 0 Å². The summed E-state index contributed by atoms with van der Waals surface area (Å²) in [6.45, 7) is 0.103. The van der Waals surface area contributed by atoms with Crippen LogP contribution in [0.25, 0.3) is 10.9 Å². The third kappa shape index (κ3) is 2.32. The minimum Gasteiger partial charge on any atom is -0.340 e. The van der Waals surface area contributed by atoms with Crippen molar-refractivity contribution in [1.82, 2.24) is 4.57 Å². The molecule has 0 radical (unpaired) electrons. The number of Topliss-reactive ketones (excluding diaryl/α,β-unsaturated/α-hetero) is 1. The Labute approximate surface area is 120 Å². The van der Waals surface area contributed by atoms with E-state index in [1.54, 1.807) is 29.0 Å². The van der Waals surface area contributed by atoms with Gasteiger partial charge in [0.2, 0.25) is 0 Å². The molecule has 3 aromatic rings. The van der Waals surface area contributed by atoms with Crippen LogP contribution in [0, 0.1) is 5.82 Å². The molecule has 0 atom stereocenters. The number of benzene rings is 2. The van der Waals surface area contributed by atoms with Gasteiger partial charge in [-0.2, -0.15) is 0 Å². The van der Waals surface area contributed by atoms with E-state index in [0.717, 1.165) is 10.9 Å².